The van der Waals surface area contributed by atoms with Gasteiger partial charge in [0.1, 0.15) is 0 Å². The largest absolute Gasteiger partial charge is 0.373 e. The molecule has 2 nitrogen and oxygen atoms in total. The van der Waals surface area contributed by atoms with E-state index in [0.717, 1.165) is 19.6 Å². The van der Waals surface area contributed by atoms with Crippen molar-refractivity contribution in [2.45, 2.75) is 19.4 Å². The molecule has 2 heteroatoms. The Kier molecular flexibility index (Phi) is 2.85. The Bertz CT molecular complexity index is 311. The molecular weight excluding hydrogens is 174 g/mol. The summed E-state index contributed by atoms with van der Waals surface area (Å²) >= 11 is 0. The standard InChI is InChI=1S/C12H17NO/c1-9-4-2-3-5-11(9)12-10(8-13)6-7-14-12/h2-5,10,12H,6-8,13H2,1H3. The van der Waals surface area contributed by atoms with Crippen LogP contribution in [-0.4, -0.2) is 13.2 Å². The van der Waals surface area contributed by atoms with Gasteiger partial charge in [0.2, 0.25) is 0 Å². The van der Waals surface area contributed by atoms with Gasteiger partial charge in [0.15, 0.2) is 0 Å². The third-order valence-corrected chi connectivity index (χ3v) is 3.01. The fourth-order valence-corrected chi connectivity index (χ4v) is 2.13. The van der Waals surface area contributed by atoms with E-state index in [1.807, 2.05) is 0 Å². The average molecular weight is 191 g/mol. The molecule has 1 saturated heterocycles. The summed E-state index contributed by atoms with van der Waals surface area (Å²) < 4.78 is 5.74. The lowest BCUT2D eigenvalue weighted by molar-refractivity contribution is 0.0920. The Morgan fingerprint density at radius 1 is 1.43 bits per heavy atom. The number of aryl methyl sites for hydroxylation is 1. The molecule has 0 bridgehead atoms. The third-order valence-electron chi connectivity index (χ3n) is 3.01. The summed E-state index contributed by atoms with van der Waals surface area (Å²) in [7, 11) is 0. The normalized spacial score (nSPS) is 26.7. The van der Waals surface area contributed by atoms with E-state index >= 15 is 0 Å². The topological polar surface area (TPSA) is 35.2 Å². The highest BCUT2D eigenvalue weighted by Crippen LogP contribution is 2.35. The maximum atomic E-state index is 5.74. The fourth-order valence-electron chi connectivity index (χ4n) is 2.13. The SMILES string of the molecule is Cc1ccccc1C1OCCC1CN. The van der Waals surface area contributed by atoms with E-state index in [2.05, 4.69) is 31.2 Å². The molecule has 1 aromatic carbocycles. The molecule has 1 aliphatic heterocycles. The minimum absolute atomic E-state index is 0.223. The Morgan fingerprint density at radius 3 is 2.93 bits per heavy atom. The maximum Gasteiger partial charge on any atom is 0.0868 e. The van der Waals surface area contributed by atoms with Crippen molar-refractivity contribution in [3.05, 3.63) is 35.4 Å². The molecule has 0 spiro atoms. The average Bonchev–Trinajstić information content (AvgIpc) is 2.66. The van der Waals surface area contributed by atoms with E-state index in [1.165, 1.54) is 11.1 Å². The van der Waals surface area contributed by atoms with Gasteiger partial charge in [-0.3, -0.25) is 0 Å². The summed E-state index contributed by atoms with van der Waals surface area (Å²) in [6.45, 7) is 3.70. The summed E-state index contributed by atoms with van der Waals surface area (Å²) in [6.07, 6.45) is 1.32. The molecule has 0 aliphatic carbocycles. The first-order chi connectivity index (χ1) is 6.83. The van der Waals surface area contributed by atoms with Crippen molar-refractivity contribution in [1.29, 1.82) is 0 Å². The second-order valence-corrected chi connectivity index (χ2v) is 3.93. The van der Waals surface area contributed by atoms with E-state index in [4.69, 9.17) is 10.5 Å². The van der Waals surface area contributed by atoms with Gasteiger partial charge in [-0.25, -0.2) is 0 Å². The van der Waals surface area contributed by atoms with E-state index in [0.29, 0.717) is 5.92 Å². The van der Waals surface area contributed by atoms with Gasteiger partial charge >= 0.3 is 0 Å². The Labute approximate surface area is 85.1 Å². The summed E-state index contributed by atoms with van der Waals surface area (Å²) in [5.74, 6) is 0.496. The van der Waals surface area contributed by atoms with Gasteiger partial charge in [-0.1, -0.05) is 24.3 Å². The number of benzene rings is 1. The zero-order chi connectivity index (χ0) is 9.97. The second kappa shape index (κ2) is 4.11. The Hall–Kier alpha value is -0.860. The van der Waals surface area contributed by atoms with Crippen LogP contribution < -0.4 is 5.73 Å². The molecule has 2 rings (SSSR count). The van der Waals surface area contributed by atoms with Gasteiger partial charge in [-0.2, -0.15) is 0 Å². The van der Waals surface area contributed by atoms with Crippen LogP contribution in [0.4, 0.5) is 0 Å². The van der Waals surface area contributed by atoms with Crippen molar-refractivity contribution < 1.29 is 4.74 Å². The summed E-state index contributed by atoms with van der Waals surface area (Å²) in [5, 5.41) is 0. The first-order valence-corrected chi connectivity index (χ1v) is 5.20. The predicted octanol–water partition coefficient (Wildman–Crippen LogP) is 2.03. The van der Waals surface area contributed by atoms with Crippen molar-refractivity contribution in [2.24, 2.45) is 11.7 Å². The molecule has 2 N–H and O–H groups in total. The quantitative estimate of drug-likeness (QED) is 0.776. The van der Waals surface area contributed by atoms with E-state index in [9.17, 15) is 0 Å². The van der Waals surface area contributed by atoms with Crippen LogP contribution in [0.5, 0.6) is 0 Å². The van der Waals surface area contributed by atoms with Gasteiger partial charge in [-0.05, 0) is 31.0 Å². The number of nitrogens with two attached hydrogens (primary N) is 1. The Morgan fingerprint density at radius 2 is 2.21 bits per heavy atom. The zero-order valence-electron chi connectivity index (χ0n) is 8.57. The molecule has 1 heterocycles. The molecule has 0 radical (unpaired) electrons. The van der Waals surface area contributed by atoms with Gasteiger partial charge in [0.25, 0.3) is 0 Å². The molecule has 76 valence electrons. The maximum absolute atomic E-state index is 5.74. The van der Waals surface area contributed by atoms with Crippen molar-refractivity contribution in [3.63, 3.8) is 0 Å². The van der Waals surface area contributed by atoms with Crippen LogP contribution in [0.15, 0.2) is 24.3 Å². The highest BCUT2D eigenvalue weighted by Gasteiger charge is 2.29. The summed E-state index contributed by atoms with van der Waals surface area (Å²) in [6, 6.07) is 8.40. The predicted molar refractivity (Wildman–Crippen MR) is 57.0 cm³/mol. The molecule has 2 unspecified atom stereocenters. The van der Waals surface area contributed by atoms with Crippen LogP contribution in [0.1, 0.15) is 23.7 Å². The van der Waals surface area contributed by atoms with Gasteiger partial charge in [0, 0.05) is 12.5 Å². The number of hydrogen-bond acceptors (Lipinski definition) is 2. The molecule has 0 saturated carbocycles. The molecule has 1 aliphatic rings. The first-order valence-electron chi connectivity index (χ1n) is 5.20. The molecule has 2 atom stereocenters. The van der Waals surface area contributed by atoms with Crippen LogP contribution in [0.25, 0.3) is 0 Å². The van der Waals surface area contributed by atoms with E-state index in [1.54, 1.807) is 0 Å². The van der Waals surface area contributed by atoms with Crippen molar-refractivity contribution in [2.75, 3.05) is 13.2 Å². The van der Waals surface area contributed by atoms with Crippen LogP contribution in [0, 0.1) is 12.8 Å². The number of rotatable bonds is 2. The fraction of sp³-hybridized carbons (Fsp3) is 0.500. The smallest absolute Gasteiger partial charge is 0.0868 e. The highest BCUT2D eigenvalue weighted by atomic mass is 16.5. The van der Waals surface area contributed by atoms with E-state index in [-0.39, 0.29) is 6.10 Å². The molecule has 14 heavy (non-hydrogen) atoms. The monoisotopic (exact) mass is 191 g/mol. The first kappa shape index (κ1) is 9.69. The van der Waals surface area contributed by atoms with Crippen LogP contribution >= 0.6 is 0 Å². The lowest BCUT2D eigenvalue weighted by Gasteiger charge is -2.18. The minimum atomic E-state index is 0.223. The second-order valence-electron chi connectivity index (χ2n) is 3.93. The molecule has 0 amide bonds. The van der Waals surface area contributed by atoms with Crippen molar-refractivity contribution >= 4 is 0 Å². The Balaban J connectivity index is 2.26. The zero-order valence-corrected chi connectivity index (χ0v) is 8.57. The summed E-state index contributed by atoms with van der Waals surface area (Å²) in [5.41, 5.74) is 8.34. The van der Waals surface area contributed by atoms with Crippen LogP contribution in [-0.2, 0) is 4.74 Å². The lowest BCUT2D eigenvalue weighted by Crippen LogP contribution is -2.18. The lowest BCUT2D eigenvalue weighted by atomic mass is 9.93. The molecule has 1 fully saturated rings. The van der Waals surface area contributed by atoms with Gasteiger partial charge in [-0.15, -0.1) is 0 Å². The van der Waals surface area contributed by atoms with Crippen molar-refractivity contribution in [1.82, 2.24) is 0 Å². The molecule has 0 aromatic heterocycles. The minimum Gasteiger partial charge on any atom is -0.373 e. The van der Waals surface area contributed by atoms with Gasteiger partial charge < -0.3 is 10.5 Å². The summed E-state index contributed by atoms with van der Waals surface area (Å²) in [4.78, 5) is 0. The van der Waals surface area contributed by atoms with Gasteiger partial charge in [0.05, 0.1) is 6.10 Å². The number of ether oxygens (including phenoxy) is 1. The third kappa shape index (κ3) is 1.68. The molecular formula is C12H17NO. The number of hydrogen-bond donors (Lipinski definition) is 1. The van der Waals surface area contributed by atoms with Crippen molar-refractivity contribution in [3.8, 4) is 0 Å². The van der Waals surface area contributed by atoms with E-state index < -0.39 is 0 Å². The van der Waals surface area contributed by atoms with Crippen LogP contribution in [0.2, 0.25) is 0 Å². The van der Waals surface area contributed by atoms with Crippen LogP contribution in [0.3, 0.4) is 0 Å². The molecule has 1 aromatic rings. The highest BCUT2D eigenvalue weighted by molar-refractivity contribution is 5.28.